The van der Waals surface area contributed by atoms with Gasteiger partial charge in [-0.05, 0) is 13.3 Å². The summed E-state index contributed by atoms with van der Waals surface area (Å²) in [4.78, 5) is 32.6. The molecule has 0 aromatic carbocycles. The van der Waals surface area contributed by atoms with Crippen LogP contribution in [-0.2, 0) is 14.4 Å². The molecule has 5 heteroatoms. The van der Waals surface area contributed by atoms with Gasteiger partial charge in [-0.25, -0.2) is 0 Å². The molecule has 1 unspecified atom stereocenters. The Morgan fingerprint density at radius 2 is 1.71 bits per heavy atom. The van der Waals surface area contributed by atoms with Crippen LogP contribution in [0.15, 0.2) is 0 Å². The Labute approximate surface area is 81.7 Å². The quantitative estimate of drug-likeness (QED) is 0.625. The Bertz CT molecular complexity index is 242. The van der Waals surface area contributed by atoms with Gasteiger partial charge in [0.1, 0.15) is 11.2 Å². The first-order valence-electron chi connectivity index (χ1n) is 4.33. The Morgan fingerprint density at radius 1 is 1.21 bits per heavy atom. The number of aliphatic carboxylic acids is 2. The SMILES string of the molecule is CCCC(CC(=O)O)(C(C)=O)C(=O)O. The zero-order valence-corrected chi connectivity index (χ0v) is 8.24. The number of carbonyl (C=O) groups is 3. The number of carbonyl (C=O) groups excluding carboxylic acids is 1. The van der Waals surface area contributed by atoms with Gasteiger partial charge in [0.15, 0.2) is 0 Å². The van der Waals surface area contributed by atoms with Crippen molar-refractivity contribution in [2.24, 2.45) is 5.41 Å². The Morgan fingerprint density at radius 3 is 1.93 bits per heavy atom. The molecular formula is C9H14O5. The monoisotopic (exact) mass is 202 g/mol. The van der Waals surface area contributed by atoms with Crippen LogP contribution in [0.1, 0.15) is 33.1 Å². The van der Waals surface area contributed by atoms with Crippen molar-refractivity contribution in [1.82, 2.24) is 0 Å². The van der Waals surface area contributed by atoms with Crippen LogP contribution in [-0.4, -0.2) is 27.9 Å². The molecule has 0 aromatic heterocycles. The largest absolute Gasteiger partial charge is 0.481 e. The lowest BCUT2D eigenvalue weighted by molar-refractivity contribution is -0.161. The van der Waals surface area contributed by atoms with E-state index >= 15 is 0 Å². The highest BCUT2D eigenvalue weighted by Crippen LogP contribution is 2.30. The summed E-state index contributed by atoms with van der Waals surface area (Å²) in [7, 11) is 0. The number of rotatable bonds is 6. The second-order valence-electron chi connectivity index (χ2n) is 3.26. The van der Waals surface area contributed by atoms with Crippen LogP contribution in [0.2, 0.25) is 0 Å². The molecule has 80 valence electrons. The van der Waals surface area contributed by atoms with E-state index in [1.807, 2.05) is 0 Å². The maximum atomic E-state index is 11.2. The first-order chi connectivity index (χ1) is 6.36. The third kappa shape index (κ3) is 2.55. The second kappa shape index (κ2) is 4.74. The Balaban J connectivity index is 5.04. The maximum absolute atomic E-state index is 11.2. The van der Waals surface area contributed by atoms with Crippen molar-refractivity contribution in [3.05, 3.63) is 0 Å². The normalized spacial score (nSPS) is 14.4. The smallest absolute Gasteiger partial charge is 0.317 e. The highest BCUT2D eigenvalue weighted by molar-refractivity contribution is 6.04. The van der Waals surface area contributed by atoms with Gasteiger partial charge < -0.3 is 10.2 Å². The van der Waals surface area contributed by atoms with E-state index in [1.165, 1.54) is 0 Å². The van der Waals surface area contributed by atoms with Crippen molar-refractivity contribution in [2.75, 3.05) is 0 Å². The van der Waals surface area contributed by atoms with Gasteiger partial charge >= 0.3 is 11.9 Å². The molecule has 0 saturated heterocycles. The number of hydrogen-bond donors (Lipinski definition) is 2. The second-order valence-corrected chi connectivity index (χ2v) is 3.26. The Kier molecular flexibility index (Phi) is 4.27. The third-order valence-corrected chi connectivity index (χ3v) is 2.21. The fraction of sp³-hybridized carbons (Fsp3) is 0.667. The zero-order valence-electron chi connectivity index (χ0n) is 8.24. The lowest BCUT2D eigenvalue weighted by atomic mass is 9.77. The molecule has 0 aromatic rings. The summed E-state index contributed by atoms with van der Waals surface area (Å²) in [5.41, 5.74) is -1.75. The molecule has 14 heavy (non-hydrogen) atoms. The summed E-state index contributed by atoms with van der Waals surface area (Å²) in [6.45, 7) is 2.83. The molecule has 2 N–H and O–H groups in total. The third-order valence-electron chi connectivity index (χ3n) is 2.21. The summed E-state index contributed by atoms with van der Waals surface area (Å²) in [5, 5.41) is 17.4. The van der Waals surface area contributed by atoms with Crippen molar-refractivity contribution in [3.8, 4) is 0 Å². The summed E-state index contributed by atoms with van der Waals surface area (Å²) in [6, 6.07) is 0. The first-order valence-corrected chi connectivity index (χ1v) is 4.33. The van der Waals surface area contributed by atoms with Crippen molar-refractivity contribution in [2.45, 2.75) is 33.1 Å². The van der Waals surface area contributed by atoms with Gasteiger partial charge in [0.05, 0.1) is 6.42 Å². The minimum Gasteiger partial charge on any atom is -0.481 e. The van der Waals surface area contributed by atoms with Gasteiger partial charge in [0, 0.05) is 0 Å². The highest BCUT2D eigenvalue weighted by Gasteiger charge is 2.44. The van der Waals surface area contributed by atoms with Crippen LogP contribution in [0.5, 0.6) is 0 Å². The Hall–Kier alpha value is -1.39. The van der Waals surface area contributed by atoms with Crippen molar-refractivity contribution in [3.63, 3.8) is 0 Å². The van der Waals surface area contributed by atoms with Gasteiger partial charge in [0.2, 0.25) is 0 Å². The number of ketones is 1. The topological polar surface area (TPSA) is 91.7 Å². The summed E-state index contributed by atoms with van der Waals surface area (Å²) >= 11 is 0. The van der Waals surface area contributed by atoms with Gasteiger partial charge in [-0.1, -0.05) is 13.3 Å². The van der Waals surface area contributed by atoms with Crippen LogP contribution in [0.25, 0.3) is 0 Å². The number of Topliss-reactive ketones (excluding diaryl/α,β-unsaturated/α-hetero) is 1. The van der Waals surface area contributed by atoms with E-state index in [0.717, 1.165) is 6.92 Å². The fourth-order valence-electron chi connectivity index (χ4n) is 1.41. The average Bonchev–Trinajstić information content (AvgIpc) is 2.01. The van der Waals surface area contributed by atoms with Crippen LogP contribution in [0.4, 0.5) is 0 Å². The maximum Gasteiger partial charge on any atom is 0.317 e. The molecule has 0 amide bonds. The lowest BCUT2D eigenvalue weighted by Crippen LogP contribution is -2.39. The number of carboxylic acids is 2. The molecule has 0 saturated carbocycles. The van der Waals surface area contributed by atoms with Gasteiger partial charge in [0.25, 0.3) is 0 Å². The van der Waals surface area contributed by atoms with E-state index in [-0.39, 0.29) is 6.42 Å². The minimum atomic E-state index is -1.75. The molecule has 0 spiro atoms. The van der Waals surface area contributed by atoms with E-state index in [0.29, 0.717) is 6.42 Å². The predicted molar refractivity (Wildman–Crippen MR) is 47.9 cm³/mol. The number of hydrogen-bond acceptors (Lipinski definition) is 3. The molecule has 5 nitrogen and oxygen atoms in total. The van der Waals surface area contributed by atoms with E-state index < -0.39 is 29.6 Å². The van der Waals surface area contributed by atoms with Crippen molar-refractivity contribution in [1.29, 1.82) is 0 Å². The number of carboxylic acid groups (broad SMARTS) is 2. The molecule has 0 aliphatic carbocycles. The summed E-state index contributed by atoms with van der Waals surface area (Å²) < 4.78 is 0. The van der Waals surface area contributed by atoms with Gasteiger partial charge in [-0.2, -0.15) is 0 Å². The molecule has 0 radical (unpaired) electrons. The summed E-state index contributed by atoms with van der Waals surface area (Å²) in [5.74, 6) is -3.22. The summed E-state index contributed by atoms with van der Waals surface area (Å²) in [6.07, 6.45) is -0.130. The lowest BCUT2D eigenvalue weighted by Gasteiger charge is -2.23. The molecule has 0 heterocycles. The van der Waals surface area contributed by atoms with Crippen LogP contribution in [0, 0.1) is 5.41 Å². The average molecular weight is 202 g/mol. The van der Waals surface area contributed by atoms with Crippen LogP contribution < -0.4 is 0 Å². The fourth-order valence-corrected chi connectivity index (χ4v) is 1.41. The predicted octanol–water partition coefficient (Wildman–Crippen LogP) is 0.921. The standard InChI is InChI=1S/C9H14O5/c1-3-4-9(6(2)10,8(13)14)5-7(11)12/h3-5H2,1-2H3,(H,11,12)(H,13,14). The molecule has 0 bridgehead atoms. The van der Waals surface area contributed by atoms with Crippen molar-refractivity contribution >= 4 is 17.7 Å². The van der Waals surface area contributed by atoms with E-state index in [2.05, 4.69) is 0 Å². The van der Waals surface area contributed by atoms with E-state index in [4.69, 9.17) is 10.2 Å². The van der Waals surface area contributed by atoms with Gasteiger partial charge in [-0.3, -0.25) is 14.4 Å². The van der Waals surface area contributed by atoms with Gasteiger partial charge in [-0.15, -0.1) is 0 Å². The minimum absolute atomic E-state index is 0.0595. The molecule has 0 rings (SSSR count). The van der Waals surface area contributed by atoms with E-state index in [1.54, 1.807) is 6.92 Å². The highest BCUT2D eigenvalue weighted by atomic mass is 16.4. The molecule has 0 fully saturated rings. The van der Waals surface area contributed by atoms with Crippen LogP contribution >= 0.6 is 0 Å². The first kappa shape index (κ1) is 12.6. The molecule has 0 aliphatic rings. The molecule has 0 aliphatic heterocycles. The zero-order chi connectivity index (χ0) is 11.4. The van der Waals surface area contributed by atoms with Crippen LogP contribution in [0.3, 0.4) is 0 Å². The molecule has 1 atom stereocenters. The van der Waals surface area contributed by atoms with Crippen molar-refractivity contribution < 1.29 is 24.6 Å². The van der Waals surface area contributed by atoms with E-state index in [9.17, 15) is 14.4 Å². The molecular weight excluding hydrogens is 188 g/mol.